The van der Waals surface area contributed by atoms with E-state index < -0.39 is 5.54 Å². The average molecular weight is 292 g/mol. The Morgan fingerprint density at radius 3 is 2.35 bits per heavy atom. The van der Waals surface area contributed by atoms with Gasteiger partial charge in [-0.05, 0) is 43.7 Å². The second kappa shape index (κ2) is 6.64. The summed E-state index contributed by atoms with van der Waals surface area (Å²) in [5.74, 6) is -0.306. The summed E-state index contributed by atoms with van der Waals surface area (Å²) in [5, 5.41) is 3.50. The van der Waals surface area contributed by atoms with Crippen molar-refractivity contribution < 1.29 is 4.79 Å². The highest BCUT2D eigenvalue weighted by molar-refractivity contribution is 7.98. The van der Waals surface area contributed by atoms with E-state index in [0.29, 0.717) is 6.04 Å². The Kier molecular flexibility index (Phi) is 5.11. The first-order chi connectivity index (χ1) is 9.56. The Hall–Kier alpha value is -1.00. The van der Waals surface area contributed by atoms with Gasteiger partial charge in [-0.25, -0.2) is 0 Å². The molecule has 0 heterocycles. The molecule has 1 saturated carbocycles. The topological polar surface area (TPSA) is 55.1 Å². The second-order valence-corrected chi connectivity index (χ2v) is 6.58. The van der Waals surface area contributed by atoms with Crippen molar-refractivity contribution in [1.29, 1.82) is 0 Å². The standard InChI is InChI=1S/C16H24N2OS/c1-16(15(17)19,18-13-6-4-3-5-7-13)12-8-10-14(20-2)11-9-12/h8-11,13,18H,3-7H2,1-2H3,(H2,17,19). The molecule has 1 atom stereocenters. The number of carbonyl (C=O) groups is 1. The lowest BCUT2D eigenvalue weighted by Gasteiger charge is -2.35. The molecule has 0 radical (unpaired) electrons. The Balaban J connectivity index is 2.20. The summed E-state index contributed by atoms with van der Waals surface area (Å²) < 4.78 is 0. The van der Waals surface area contributed by atoms with Crippen LogP contribution in [-0.4, -0.2) is 18.2 Å². The molecule has 1 aliphatic carbocycles. The number of rotatable bonds is 5. The summed E-state index contributed by atoms with van der Waals surface area (Å²) in [5.41, 5.74) is 5.86. The maximum absolute atomic E-state index is 12.0. The molecule has 1 unspecified atom stereocenters. The van der Waals surface area contributed by atoms with Crippen molar-refractivity contribution >= 4 is 17.7 Å². The van der Waals surface area contributed by atoms with Crippen molar-refractivity contribution in [2.45, 2.75) is 55.5 Å². The Labute approximate surface area is 125 Å². The van der Waals surface area contributed by atoms with E-state index in [1.54, 1.807) is 11.8 Å². The van der Waals surface area contributed by atoms with E-state index in [4.69, 9.17) is 5.73 Å². The van der Waals surface area contributed by atoms with Crippen LogP contribution < -0.4 is 11.1 Å². The molecule has 0 spiro atoms. The van der Waals surface area contributed by atoms with Crippen molar-refractivity contribution in [3.8, 4) is 0 Å². The first-order valence-electron chi connectivity index (χ1n) is 7.28. The van der Waals surface area contributed by atoms with Gasteiger partial charge in [-0.15, -0.1) is 11.8 Å². The number of carbonyl (C=O) groups excluding carboxylic acids is 1. The number of nitrogens with one attached hydrogen (secondary N) is 1. The highest BCUT2D eigenvalue weighted by Crippen LogP contribution is 2.27. The fourth-order valence-electron chi connectivity index (χ4n) is 2.88. The summed E-state index contributed by atoms with van der Waals surface area (Å²) >= 11 is 1.70. The van der Waals surface area contributed by atoms with Crippen molar-refractivity contribution in [2.75, 3.05) is 6.26 Å². The molecular weight excluding hydrogens is 268 g/mol. The van der Waals surface area contributed by atoms with Crippen LogP contribution in [0.25, 0.3) is 0 Å². The average Bonchev–Trinajstić information content (AvgIpc) is 2.48. The van der Waals surface area contributed by atoms with Crippen molar-refractivity contribution in [3.05, 3.63) is 29.8 Å². The third kappa shape index (κ3) is 3.36. The van der Waals surface area contributed by atoms with Crippen molar-refractivity contribution in [3.63, 3.8) is 0 Å². The zero-order valence-corrected chi connectivity index (χ0v) is 13.1. The zero-order chi connectivity index (χ0) is 14.6. The smallest absolute Gasteiger partial charge is 0.242 e. The fourth-order valence-corrected chi connectivity index (χ4v) is 3.28. The summed E-state index contributed by atoms with van der Waals surface area (Å²) in [4.78, 5) is 13.2. The minimum atomic E-state index is -0.779. The lowest BCUT2D eigenvalue weighted by atomic mass is 9.87. The monoisotopic (exact) mass is 292 g/mol. The molecule has 1 aromatic carbocycles. The summed E-state index contributed by atoms with van der Waals surface area (Å²) in [6.07, 6.45) is 8.07. The van der Waals surface area contributed by atoms with Gasteiger partial charge in [0.1, 0.15) is 5.54 Å². The minimum absolute atomic E-state index is 0.306. The molecular formula is C16H24N2OS. The number of nitrogens with two attached hydrogens (primary N) is 1. The summed E-state index contributed by atoms with van der Waals surface area (Å²) in [6, 6.07) is 8.49. The van der Waals surface area contributed by atoms with Gasteiger partial charge in [-0.3, -0.25) is 10.1 Å². The SMILES string of the molecule is CSc1ccc(C(C)(NC2CCCCC2)C(N)=O)cc1. The van der Waals surface area contributed by atoms with Crippen molar-refractivity contribution in [1.82, 2.24) is 5.32 Å². The van der Waals surface area contributed by atoms with E-state index >= 15 is 0 Å². The van der Waals surface area contributed by atoms with Crippen LogP contribution in [0.15, 0.2) is 29.2 Å². The summed E-state index contributed by atoms with van der Waals surface area (Å²) in [7, 11) is 0. The molecule has 2 rings (SSSR count). The maximum Gasteiger partial charge on any atom is 0.242 e. The van der Waals surface area contributed by atoms with Crippen LogP contribution in [0.5, 0.6) is 0 Å². The van der Waals surface area contributed by atoms with Gasteiger partial charge in [-0.2, -0.15) is 0 Å². The maximum atomic E-state index is 12.0. The highest BCUT2D eigenvalue weighted by Gasteiger charge is 2.35. The number of thioether (sulfide) groups is 1. The van der Waals surface area contributed by atoms with Crippen LogP contribution in [0, 0.1) is 0 Å². The van der Waals surface area contributed by atoms with Gasteiger partial charge >= 0.3 is 0 Å². The molecule has 1 aromatic rings. The molecule has 1 amide bonds. The Morgan fingerprint density at radius 2 is 1.85 bits per heavy atom. The van der Waals surface area contributed by atoms with Gasteiger partial charge in [0.25, 0.3) is 0 Å². The molecule has 110 valence electrons. The van der Waals surface area contributed by atoms with Crippen LogP contribution in [0.4, 0.5) is 0 Å². The Morgan fingerprint density at radius 1 is 1.25 bits per heavy atom. The minimum Gasteiger partial charge on any atom is -0.368 e. The van der Waals surface area contributed by atoms with Crippen molar-refractivity contribution in [2.24, 2.45) is 5.73 Å². The van der Waals surface area contributed by atoms with E-state index in [1.807, 2.05) is 37.4 Å². The third-order valence-electron chi connectivity index (χ3n) is 4.26. The fraction of sp³-hybridized carbons (Fsp3) is 0.562. The molecule has 4 heteroatoms. The highest BCUT2D eigenvalue weighted by atomic mass is 32.2. The van der Waals surface area contributed by atoms with Gasteiger partial charge < -0.3 is 5.73 Å². The number of benzene rings is 1. The van der Waals surface area contributed by atoms with Crippen LogP contribution in [0.2, 0.25) is 0 Å². The number of amides is 1. The van der Waals surface area contributed by atoms with E-state index in [9.17, 15) is 4.79 Å². The first-order valence-corrected chi connectivity index (χ1v) is 8.51. The van der Waals surface area contributed by atoms with Crippen LogP contribution >= 0.6 is 11.8 Å². The lowest BCUT2D eigenvalue weighted by molar-refractivity contribution is -0.124. The normalized spacial score (nSPS) is 19.5. The molecule has 3 N–H and O–H groups in total. The van der Waals surface area contributed by atoms with Gasteiger partial charge in [0.15, 0.2) is 0 Å². The van der Waals surface area contributed by atoms with Crippen LogP contribution in [0.1, 0.15) is 44.6 Å². The van der Waals surface area contributed by atoms with Gasteiger partial charge in [0, 0.05) is 10.9 Å². The Bertz CT molecular complexity index is 454. The molecule has 0 saturated heterocycles. The first kappa shape index (κ1) is 15.4. The molecule has 1 aliphatic rings. The zero-order valence-electron chi connectivity index (χ0n) is 12.3. The largest absolute Gasteiger partial charge is 0.368 e. The van der Waals surface area contributed by atoms with Crippen LogP contribution in [0.3, 0.4) is 0 Å². The third-order valence-corrected chi connectivity index (χ3v) is 5.00. The number of hydrogen-bond donors (Lipinski definition) is 2. The number of hydrogen-bond acceptors (Lipinski definition) is 3. The van der Waals surface area contributed by atoms with Gasteiger partial charge in [0.2, 0.25) is 5.91 Å². The number of primary amides is 1. The van der Waals surface area contributed by atoms with E-state index in [0.717, 1.165) is 18.4 Å². The van der Waals surface area contributed by atoms with Gasteiger partial charge in [0.05, 0.1) is 0 Å². The lowest BCUT2D eigenvalue weighted by Crippen LogP contribution is -2.54. The van der Waals surface area contributed by atoms with E-state index in [-0.39, 0.29) is 5.91 Å². The molecule has 20 heavy (non-hydrogen) atoms. The van der Waals surface area contributed by atoms with Crippen LogP contribution in [-0.2, 0) is 10.3 Å². The van der Waals surface area contributed by atoms with E-state index in [2.05, 4.69) is 5.32 Å². The molecule has 3 nitrogen and oxygen atoms in total. The molecule has 0 aromatic heterocycles. The molecule has 0 bridgehead atoms. The summed E-state index contributed by atoms with van der Waals surface area (Å²) in [6.45, 7) is 1.90. The quantitative estimate of drug-likeness (QED) is 0.820. The second-order valence-electron chi connectivity index (χ2n) is 5.70. The van der Waals surface area contributed by atoms with E-state index in [1.165, 1.54) is 24.2 Å². The van der Waals surface area contributed by atoms with Gasteiger partial charge in [-0.1, -0.05) is 31.4 Å². The molecule has 0 aliphatic heterocycles. The predicted octanol–water partition coefficient (Wildman–Crippen LogP) is 3.03. The molecule has 1 fully saturated rings. The predicted molar refractivity (Wildman–Crippen MR) is 84.8 cm³/mol.